The minimum atomic E-state index is -0.170. The molecule has 1 amide bonds. The van der Waals surface area contributed by atoms with Gasteiger partial charge in [0.1, 0.15) is 22.7 Å². The molecule has 2 aliphatic rings. The van der Waals surface area contributed by atoms with Crippen molar-refractivity contribution in [1.82, 2.24) is 9.27 Å². The first-order valence-electron chi connectivity index (χ1n) is 6.91. The van der Waals surface area contributed by atoms with Gasteiger partial charge in [0, 0.05) is 31.1 Å². The largest absolute Gasteiger partial charge is 0.349 e. The van der Waals surface area contributed by atoms with Crippen LogP contribution in [0.25, 0.3) is 0 Å². The zero-order chi connectivity index (χ0) is 14.8. The maximum atomic E-state index is 12.7. The van der Waals surface area contributed by atoms with E-state index in [2.05, 4.69) is 10.4 Å². The van der Waals surface area contributed by atoms with Gasteiger partial charge in [0.2, 0.25) is 5.91 Å². The highest BCUT2D eigenvalue weighted by Crippen LogP contribution is 2.36. The van der Waals surface area contributed by atoms with Crippen LogP contribution in [0, 0.1) is 11.3 Å². The molecule has 1 aromatic heterocycles. The molecule has 1 aromatic rings. The minimum absolute atomic E-state index is 0.170. The second-order valence-corrected chi connectivity index (χ2v) is 7.39. The zero-order valence-corrected chi connectivity index (χ0v) is 13.8. The number of nitrogens with zero attached hydrogens (tertiary/aromatic N) is 4. The van der Waals surface area contributed by atoms with Crippen molar-refractivity contribution in [1.29, 1.82) is 5.26 Å². The summed E-state index contributed by atoms with van der Waals surface area (Å²) in [5, 5.41) is 10.2. The Bertz CT molecular complexity index is 579. The number of hydrogen-bond acceptors (Lipinski definition) is 6. The van der Waals surface area contributed by atoms with Crippen LogP contribution in [-0.2, 0) is 4.79 Å². The number of anilines is 1. The summed E-state index contributed by atoms with van der Waals surface area (Å²) in [5.74, 6) is 2.20. The van der Waals surface area contributed by atoms with E-state index in [0.29, 0.717) is 5.56 Å². The van der Waals surface area contributed by atoms with Crippen molar-refractivity contribution in [2.45, 2.75) is 18.9 Å². The monoisotopic (exact) mass is 342 g/mol. The number of nitriles is 1. The molecule has 0 bridgehead atoms. The average molecular weight is 343 g/mol. The van der Waals surface area contributed by atoms with Gasteiger partial charge in [-0.3, -0.25) is 4.79 Å². The number of rotatable bonds is 2. The Kier molecular flexibility index (Phi) is 4.57. The lowest BCUT2D eigenvalue weighted by atomic mass is 10.2. The maximum Gasteiger partial charge on any atom is 0.245 e. The molecule has 2 fully saturated rings. The lowest BCUT2D eigenvalue weighted by Crippen LogP contribution is -2.48. The van der Waals surface area contributed by atoms with Gasteiger partial charge in [-0.25, -0.2) is 0 Å². The van der Waals surface area contributed by atoms with E-state index < -0.39 is 0 Å². The third-order valence-corrected chi connectivity index (χ3v) is 6.07. The molecule has 2 saturated heterocycles. The number of carbonyl (C=O) groups is 1. The Hall–Kier alpha value is -0.970. The zero-order valence-electron chi connectivity index (χ0n) is 11.4. The Balaban J connectivity index is 1.82. The highest BCUT2D eigenvalue weighted by Gasteiger charge is 2.36. The van der Waals surface area contributed by atoms with Crippen LogP contribution in [0.4, 0.5) is 5.00 Å². The molecule has 5 nitrogen and oxygen atoms in total. The van der Waals surface area contributed by atoms with Crippen molar-refractivity contribution in [3.63, 3.8) is 0 Å². The van der Waals surface area contributed by atoms with Crippen LogP contribution in [0.1, 0.15) is 18.4 Å². The summed E-state index contributed by atoms with van der Waals surface area (Å²) < 4.78 is 4.05. The van der Waals surface area contributed by atoms with Gasteiger partial charge in [-0.15, -0.1) is 0 Å². The molecule has 0 aliphatic carbocycles. The van der Waals surface area contributed by atoms with E-state index in [0.717, 1.165) is 49.0 Å². The summed E-state index contributed by atoms with van der Waals surface area (Å²) in [6, 6.07) is 1.94. The van der Waals surface area contributed by atoms with Crippen LogP contribution < -0.4 is 4.90 Å². The summed E-state index contributed by atoms with van der Waals surface area (Å²) in [4.78, 5) is 16.7. The molecule has 21 heavy (non-hydrogen) atoms. The molecule has 0 saturated carbocycles. The lowest BCUT2D eigenvalue weighted by molar-refractivity contribution is -0.132. The van der Waals surface area contributed by atoms with Crippen LogP contribution in [0.3, 0.4) is 0 Å². The number of aromatic nitrogens is 1. The molecule has 8 heteroatoms. The topological polar surface area (TPSA) is 60.2 Å². The normalized spacial score (nSPS) is 22.4. The number of hydrogen-bond donors (Lipinski definition) is 0. The predicted molar refractivity (Wildman–Crippen MR) is 86.1 cm³/mol. The van der Waals surface area contributed by atoms with Crippen LogP contribution in [0.15, 0.2) is 0 Å². The van der Waals surface area contributed by atoms with Crippen molar-refractivity contribution < 1.29 is 4.79 Å². The van der Waals surface area contributed by atoms with Crippen molar-refractivity contribution in [3.05, 3.63) is 10.7 Å². The van der Waals surface area contributed by atoms with Crippen LogP contribution in [0.5, 0.6) is 0 Å². The highest BCUT2D eigenvalue weighted by atomic mass is 35.5. The number of carbonyl (C=O) groups excluding carboxylic acids is 1. The summed E-state index contributed by atoms with van der Waals surface area (Å²) in [6.45, 7) is 2.43. The number of amides is 1. The van der Waals surface area contributed by atoms with Gasteiger partial charge >= 0.3 is 0 Å². The Labute approximate surface area is 137 Å². The molecular formula is C13H15ClN4OS2. The second-order valence-electron chi connectivity index (χ2n) is 5.05. The molecule has 2 aliphatic heterocycles. The van der Waals surface area contributed by atoms with Gasteiger partial charge in [0.05, 0.1) is 0 Å². The average Bonchev–Trinajstić information content (AvgIpc) is 3.13. The van der Waals surface area contributed by atoms with Crippen LogP contribution in [-0.4, -0.2) is 52.4 Å². The summed E-state index contributed by atoms with van der Waals surface area (Å²) >= 11 is 9.05. The Morgan fingerprint density at radius 2 is 2.14 bits per heavy atom. The van der Waals surface area contributed by atoms with E-state index in [1.165, 1.54) is 11.5 Å². The fourth-order valence-corrected chi connectivity index (χ4v) is 4.82. The van der Waals surface area contributed by atoms with E-state index >= 15 is 0 Å². The molecule has 0 aromatic carbocycles. The van der Waals surface area contributed by atoms with Gasteiger partial charge in [0.25, 0.3) is 0 Å². The molecule has 1 atom stereocenters. The van der Waals surface area contributed by atoms with E-state index in [-0.39, 0.29) is 17.1 Å². The van der Waals surface area contributed by atoms with Crippen molar-refractivity contribution in [2.75, 3.05) is 36.0 Å². The van der Waals surface area contributed by atoms with Gasteiger partial charge < -0.3 is 9.80 Å². The Morgan fingerprint density at radius 1 is 1.38 bits per heavy atom. The van der Waals surface area contributed by atoms with Crippen molar-refractivity contribution >= 4 is 45.8 Å². The quantitative estimate of drug-likeness (QED) is 0.824. The molecule has 3 rings (SSSR count). The lowest BCUT2D eigenvalue weighted by Gasteiger charge is -2.32. The maximum absolute atomic E-state index is 12.7. The number of thioether (sulfide) groups is 1. The third-order valence-electron chi connectivity index (χ3n) is 3.87. The smallest absolute Gasteiger partial charge is 0.245 e. The molecule has 0 spiro atoms. The fraction of sp³-hybridized carbons (Fsp3) is 0.615. The first-order valence-corrected chi connectivity index (χ1v) is 9.21. The molecular weight excluding hydrogens is 328 g/mol. The minimum Gasteiger partial charge on any atom is -0.349 e. The van der Waals surface area contributed by atoms with Gasteiger partial charge in [-0.1, -0.05) is 11.6 Å². The van der Waals surface area contributed by atoms with Gasteiger partial charge in [-0.05, 0) is 24.4 Å². The van der Waals surface area contributed by atoms with Crippen molar-refractivity contribution in [3.8, 4) is 6.07 Å². The van der Waals surface area contributed by atoms with E-state index in [9.17, 15) is 10.1 Å². The summed E-state index contributed by atoms with van der Waals surface area (Å²) in [5.41, 5.74) is 0.399. The third kappa shape index (κ3) is 2.85. The summed E-state index contributed by atoms with van der Waals surface area (Å²) in [7, 11) is 0. The van der Waals surface area contributed by atoms with Gasteiger partial charge in [0.15, 0.2) is 5.15 Å². The molecule has 0 N–H and O–H groups in total. The van der Waals surface area contributed by atoms with E-state index in [1.807, 2.05) is 21.6 Å². The van der Waals surface area contributed by atoms with E-state index in [1.54, 1.807) is 0 Å². The highest BCUT2D eigenvalue weighted by molar-refractivity contribution is 7.99. The van der Waals surface area contributed by atoms with Gasteiger partial charge in [-0.2, -0.15) is 21.4 Å². The molecule has 112 valence electrons. The van der Waals surface area contributed by atoms with Crippen LogP contribution in [0.2, 0.25) is 5.15 Å². The molecule has 0 radical (unpaired) electrons. The SMILES string of the molecule is N#Cc1c(Cl)nsc1N1CCC[C@@H]1C(=O)N1CCSCC1. The standard InChI is InChI=1S/C13H15ClN4OS2/c14-11-9(8-15)13(21-16-11)18-3-1-2-10(18)12(19)17-4-6-20-7-5-17/h10H,1-7H2/t10-/m1/s1. The van der Waals surface area contributed by atoms with Crippen LogP contribution >= 0.6 is 34.9 Å². The second kappa shape index (κ2) is 6.42. The van der Waals surface area contributed by atoms with Crippen molar-refractivity contribution in [2.24, 2.45) is 0 Å². The fourth-order valence-electron chi connectivity index (χ4n) is 2.81. The Morgan fingerprint density at radius 3 is 2.86 bits per heavy atom. The van der Waals surface area contributed by atoms with E-state index in [4.69, 9.17) is 11.6 Å². The number of halogens is 1. The first kappa shape index (κ1) is 14.9. The summed E-state index contributed by atoms with van der Waals surface area (Å²) in [6.07, 6.45) is 1.79. The molecule has 0 unspecified atom stereocenters. The predicted octanol–water partition coefficient (Wildman–Crippen LogP) is 2.21. The molecule has 3 heterocycles. The first-order chi connectivity index (χ1) is 10.2.